The van der Waals surface area contributed by atoms with Crippen LogP contribution in [0.25, 0.3) is 0 Å². The maximum atomic E-state index is 15.0. The third kappa shape index (κ3) is 21.0. The van der Waals surface area contributed by atoms with Crippen LogP contribution < -0.4 is 26.6 Å². The van der Waals surface area contributed by atoms with Gasteiger partial charge in [-0.1, -0.05) is 102 Å². The van der Waals surface area contributed by atoms with Gasteiger partial charge in [0.15, 0.2) is 0 Å². The molecule has 11 amide bonds. The van der Waals surface area contributed by atoms with E-state index < -0.39 is 156 Å². The topological polar surface area (TPSA) is 288 Å². The van der Waals surface area contributed by atoms with Crippen LogP contribution in [0.3, 0.4) is 0 Å². The van der Waals surface area contributed by atoms with E-state index >= 15 is 9.59 Å². The van der Waals surface area contributed by atoms with Crippen LogP contribution in [-0.4, -0.2) is 215 Å². The van der Waals surface area contributed by atoms with E-state index in [4.69, 9.17) is 0 Å². The van der Waals surface area contributed by atoms with E-state index in [1.54, 1.807) is 67.5 Å². The zero-order chi connectivity index (χ0) is 62.9. The molecule has 1 heterocycles. The molecule has 0 aromatic heterocycles. The molecule has 1 unspecified atom stereocenters. The number of carbonyl (C=O) groups excluding carboxylic acids is 11. The van der Waals surface area contributed by atoms with E-state index in [0.29, 0.717) is 6.42 Å². The molecule has 1 aliphatic heterocycles. The van der Waals surface area contributed by atoms with Crippen LogP contribution in [0.1, 0.15) is 143 Å². The summed E-state index contributed by atoms with van der Waals surface area (Å²) in [6.07, 6.45) is 2.84. The van der Waals surface area contributed by atoms with Crippen LogP contribution >= 0.6 is 0 Å². The summed E-state index contributed by atoms with van der Waals surface area (Å²) in [5, 5.41) is 25.3. The largest absolute Gasteiger partial charge is 0.390 e. The Labute approximate surface area is 483 Å². The highest BCUT2D eigenvalue weighted by Gasteiger charge is 2.45. The second-order valence-electron chi connectivity index (χ2n) is 24.8. The minimum absolute atomic E-state index is 0.0133. The standard InChI is InChI=1S/C58H103N11O12/c1-23-25-26-36(11)47(72)46-52(76)61-39(24-2)50(74)59-30-44(71)64(17)31-43(70)63-48(58(14,15)16)57(81)65(18)38(13)49(73)62-40(27-32(3)4)51(75)60-37(12)53(77)66(19)41(28-33(5)6)54(78)67(20)42(29-34(7)8)55(79)68(21)45(35(9)10)56(80)69(46)22/h23,25,32-42,45-48,72H,24,26-31H2,1-22H3,(H,59,74)(H,60,75)(H,61,76)(H,62,73)(H,63,70)/b25-23+/t36-,37-,38+,39+,40?,41+,42-,45+,46+,47-,48-/m1/s1. The van der Waals surface area contributed by atoms with Gasteiger partial charge in [-0.15, -0.1) is 0 Å². The lowest BCUT2D eigenvalue weighted by Gasteiger charge is -2.41. The Bertz CT molecular complexity index is 2230. The fourth-order valence-corrected chi connectivity index (χ4v) is 9.70. The van der Waals surface area contributed by atoms with Gasteiger partial charge >= 0.3 is 0 Å². The fourth-order valence-electron chi connectivity index (χ4n) is 9.70. The summed E-state index contributed by atoms with van der Waals surface area (Å²) in [7, 11) is 8.37. The average Bonchev–Trinajstić information content (AvgIpc) is 3.37. The number of rotatable bonds is 12. The van der Waals surface area contributed by atoms with Crippen molar-refractivity contribution in [1.82, 2.24) is 56.0 Å². The lowest BCUT2D eigenvalue weighted by atomic mass is 9.85. The summed E-state index contributed by atoms with van der Waals surface area (Å²) in [5.41, 5.74) is -0.922. The zero-order valence-corrected chi connectivity index (χ0v) is 52.9. The molecule has 23 heteroatoms. The lowest BCUT2D eigenvalue weighted by Crippen LogP contribution is -2.63. The molecule has 0 bridgehead atoms. The third-order valence-electron chi connectivity index (χ3n) is 15.0. The average molecular weight is 1150 g/mol. The van der Waals surface area contributed by atoms with Gasteiger partial charge < -0.3 is 61.1 Å². The molecule has 23 nitrogen and oxygen atoms in total. The Kier molecular flexibility index (Phi) is 29.2. The molecule has 462 valence electrons. The Hall–Kier alpha value is -6.13. The van der Waals surface area contributed by atoms with E-state index in [0.717, 1.165) is 14.7 Å². The van der Waals surface area contributed by atoms with Gasteiger partial charge in [0.25, 0.3) is 0 Å². The summed E-state index contributed by atoms with van der Waals surface area (Å²) in [6.45, 7) is 26.6. The Morgan fingerprint density at radius 3 is 1.52 bits per heavy atom. The number of hydrogen-bond donors (Lipinski definition) is 6. The van der Waals surface area contributed by atoms with Crippen molar-refractivity contribution < 1.29 is 57.8 Å². The highest BCUT2D eigenvalue weighted by Crippen LogP contribution is 2.26. The molecule has 11 atom stereocenters. The minimum atomic E-state index is -1.61. The van der Waals surface area contributed by atoms with Crippen LogP contribution in [0, 0.1) is 35.0 Å². The van der Waals surface area contributed by atoms with Crippen molar-refractivity contribution in [2.24, 2.45) is 35.0 Å². The SMILES string of the molecule is C/C=C/C[C@@H](C)[C@@H](O)[C@H]1C(=O)N[C@@H](CC)C(=O)NCC(=O)N(C)CC(=O)N[C@@H](C(C)(C)C)C(=O)N(C)[C@@H](C)C(=O)NC(CC(C)C)C(=O)N[C@H](C)C(=O)N(C)[C@@H](CC(C)C)C(=O)N(C)[C@H](CC(C)C)C(=O)N(C)[C@@H](C(C)C)C(=O)N1C. The van der Waals surface area contributed by atoms with E-state index in [1.165, 1.54) is 70.8 Å². The molecule has 0 spiro atoms. The number of nitrogens with one attached hydrogen (secondary N) is 5. The molecule has 81 heavy (non-hydrogen) atoms. The second kappa shape index (κ2) is 32.5. The Morgan fingerprint density at radius 1 is 0.568 bits per heavy atom. The molecule has 0 saturated carbocycles. The first kappa shape index (κ1) is 72.9. The lowest BCUT2D eigenvalue weighted by molar-refractivity contribution is -0.157. The van der Waals surface area contributed by atoms with Crippen LogP contribution in [0.4, 0.5) is 0 Å². The van der Waals surface area contributed by atoms with E-state index in [-0.39, 0.29) is 43.4 Å². The number of allylic oxidation sites excluding steroid dienone is 2. The maximum Gasteiger partial charge on any atom is 0.246 e. The summed E-state index contributed by atoms with van der Waals surface area (Å²) in [6, 6.07) is -11.2. The monoisotopic (exact) mass is 1150 g/mol. The molecule has 0 aliphatic carbocycles. The molecule has 1 fully saturated rings. The molecule has 6 N–H and O–H groups in total. The van der Waals surface area contributed by atoms with Gasteiger partial charge in [-0.05, 0) is 87.9 Å². The van der Waals surface area contributed by atoms with Gasteiger partial charge in [-0.25, -0.2) is 0 Å². The molecule has 0 aromatic carbocycles. The van der Waals surface area contributed by atoms with Gasteiger partial charge in [-0.3, -0.25) is 52.7 Å². The van der Waals surface area contributed by atoms with E-state index in [2.05, 4.69) is 26.6 Å². The predicted molar refractivity (Wildman–Crippen MR) is 310 cm³/mol. The first-order valence-corrected chi connectivity index (χ1v) is 28.6. The second-order valence-corrected chi connectivity index (χ2v) is 24.8. The van der Waals surface area contributed by atoms with E-state index in [9.17, 15) is 48.3 Å². The Morgan fingerprint density at radius 2 is 1.05 bits per heavy atom. The number of hydrogen-bond acceptors (Lipinski definition) is 12. The first-order valence-electron chi connectivity index (χ1n) is 28.6. The number of amides is 11. The smallest absolute Gasteiger partial charge is 0.246 e. The number of aliphatic hydroxyl groups excluding tert-OH is 1. The normalized spacial score (nSPS) is 26.7. The van der Waals surface area contributed by atoms with Crippen molar-refractivity contribution in [1.29, 1.82) is 0 Å². The highest BCUT2D eigenvalue weighted by molar-refractivity contribution is 5.99. The molecule has 0 aromatic rings. The molecule has 0 radical (unpaired) electrons. The third-order valence-corrected chi connectivity index (χ3v) is 15.0. The number of aliphatic hydroxyl groups is 1. The van der Waals surface area contributed by atoms with Gasteiger partial charge in [0.05, 0.1) is 19.2 Å². The summed E-state index contributed by atoms with van der Waals surface area (Å²) in [5.74, 6) is -9.34. The van der Waals surface area contributed by atoms with Crippen molar-refractivity contribution in [2.45, 2.75) is 203 Å². The van der Waals surface area contributed by atoms with Crippen LogP contribution in [-0.2, 0) is 52.7 Å². The van der Waals surface area contributed by atoms with Crippen LogP contribution in [0.15, 0.2) is 12.2 Å². The molecular weight excluding hydrogens is 1040 g/mol. The number of likely N-dealkylation sites (N-methyl/N-ethyl adjacent to an activating group) is 6. The fraction of sp³-hybridized carbons (Fsp3) is 0.776. The highest BCUT2D eigenvalue weighted by atomic mass is 16.3. The first-order chi connectivity index (χ1) is 37.3. The number of nitrogens with zero attached hydrogens (tertiary/aromatic N) is 6. The van der Waals surface area contributed by atoms with Crippen molar-refractivity contribution in [3.8, 4) is 0 Å². The maximum absolute atomic E-state index is 15.0. The van der Waals surface area contributed by atoms with Crippen molar-refractivity contribution >= 4 is 65.0 Å². The minimum Gasteiger partial charge on any atom is -0.390 e. The quantitative estimate of drug-likeness (QED) is 0.153. The van der Waals surface area contributed by atoms with Gasteiger partial charge in [0.2, 0.25) is 65.0 Å². The van der Waals surface area contributed by atoms with Crippen molar-refractivity contribution in [3.63, 3.8) is 0 Å². The zero-order valence-electron chi connectivity index (χ0n) is 52.9. The van der Waals surface area contributed by atoms with Crippen LogP contribution in [0.2, 0.25) is 0 Å². The van der Waals surface area contributed by atoms with Gasteiger partial charge in [0.1, 0.15) is 54.4 Å². The van der Waals surface area contributed by atoms with Crippen LogP contribution in [0.5, 0.6) is 0 Å². The predicted octanol–water partition coefficient (Wildman–Crippen LogP) is 1.90. The summed E-state index contributed by atoms with van der Waals surface area (Å²) in [4.78, 5) is 164. The Balaban J connectivity index is 4.18. The molecular formula is C58H103N11O12. The van der Waals surface area contributed by atoms with Gasteiger partial charge in [-0.2, -0.15) is 0 Å². The summed E-state index contributed by atoms with van der Waals surface area (Å²) < 4.78 is 0. The molecule has 1 rings (SSSR count). The van der Waals surface area contributed by atoms with Crippen molar-refractivity contribution in [3.05, 3.63) is 12.2 Å². The van der Waals surface area contributed by atoms with Crippen molar-refractivity contribution in [2.75, 3.05) is 55.4 Å². The van der Waals surface area contributed by atoms with E-state index in [1.807, 2.05) is 41.5 Å². The molecule has 1 aliphatic rings. The number of carbonyl (C=O) groups is 11. The van der Waals surface area contributed by atoms with Gasteiger partial charge in [0, 0.05) is 42.3 Å². The summed E-state index contributed by atoms with van der Waals surface area (Å²) >= 11 is 0. The molecule has 1 saturated heterocycles.